The Hall–Kier alpha value is -2.64. The first kappa shape index (κ1) is 14.8. The van der Waals surface area contributed by atoms with E-state index in [-0.39, 0.29) is 18.9 Å². The number of aryl methyl sites for hydroxylation is 2. The molecule has 112 valence electrons. The van der Waals surface area contributed by atoms with Crippen molar-refractivity contribution in [2.24, 2.45) is 0 Å². The normalized spacial score (nSPS) is 10.5. The molecule has 1 amide bonds. The first-order valence-electron chi connectivity index (χ1n) is 6.53. The molecule has 2 heterocycles. The zero-order valence-electron chi connectivity index (χ0n) is 11.6. The Bertz CT molecular complexity index is 728. The van der Waals surface area contributed by atoms with Gasteiger partial charge in [-0.25, -0.2) is 4.79 Å². The van der Waals surface area contributed by atoms with E-state index in [4.69, 9.17) is 4.52 Å². The third-order valence-electron chi connectivity index (χ3n) is 2.85. The van der Waals surface area contributed by atoms with E-state index < -0.39 is 11.2 Å². The van der Waals surface area contributed by atoms with Gasteiger partial charge in [-0.15, -0.1) is 0 Å². The molecule has 0 atom stereocenters. The van der Waals surface area contributed by atoms with Crippen LogP contribution in [0.4, 0.5) is 0 Å². The highest BCUT2D eigenvalue weighted by molar-refractivity contribution is 5.75. The van der Waals surface area contributed by atoms with Crippen LogP contribution in [0.25, 0.3) is 0 Å². The molecule has 0 saturated heterocycles. The molecule has 21 heavy (non-hydrogen) atoms. The summed E-state index contributed by atoms with van der Waals surface area (Å²) in [5, 5.41) is 6.48. The Morgan fingerprint density at radius 3 is 2.95 bits per heavy atom. The Labute approximate surface area is 119 Å². The van der Waals surface area contributed by atoms with Gasteiger partial charge in [0.05, 0.1) is 5.69 Å². The number of aromatic amines is 1. The van der Waals surface area contributed by atoms with Crippen LogP contribution in [0.5, 0.6) is 0 Å². The zero-order chi connectivity index (χ0) is 15.2. The van der Waals surface area contributed by atoms with Crippen LogP contribution >= 0.6 is 0 Å². The summed E-state index contributed by atoms with van der Waals surface area (Å²) < 4.78 is 6.30. The first-order chi connectivity index (χ1) is 10.0. The van der Waals surface area contributed by atoms with Crippen molar-refractivity contribution < 1.29 is 9.32 Å². The molecule has 0 aliphatic rings. The summed E-state index contributed by atoms with van der Waals surface area (Å²) in [7, 11) is 0. The predicted octanol–water partition coefficient (Wildman–Crippen LogP) is -0.418. The number of nitrogens with zero attached hydrogens (tertiary/aromatic N) is 2. The summed E-state index contributed by atoms with van der Waals surface area (Å²) in [6, 6.07) is 3.05. The molecule has 0 spiro atoms. The van der Waals surface area contributed by atoms with Gasteiger partial charge in [0, 0.05) is 44.3 Å². The van der Waals surface area contributed by atoms with Crippen molar-refractivity contribution in [3.05, 3.63) is 50.6 Å². The molecule has 2 aromatic rings. The molecule has 2 aromatic heterocycles. The lowest BCUT2D eigenvalue weighted by Crippen LogP contribution is -2.31. The van der Waals surface area contributed by atoms with E-state index in [9.17, 15) is 14.4 Å². The summed E-state index contributed by atoms with van der Waals surface area (Å²) >= 11 is 0. The van der Waals surface area contributed by atoms with Crippen LogP contribution in [0.3, 0.4) is 0 Å². The third-order valence-corrected chi connectivity index (χ3v) is 2.85. The van der Waals surface area contributed by atoms with Crippen molar-refractivity contribution in [2.45, 2.75) is 26.3 Å². The smallest absolute Gasteiger partial charge is 0.328 e. The van der Waals surface area contributed by atoms with Gasteiger partial charge in [-0.2, -0.15) is 0 Å². The maximum Gasteiger partial charge on any atom is 0.328 e. The van der Waals surface area contributed by atoms with Crippen LogP contribution in [-0.4, -0.2) is 27.2 Å². The van der Waals surface area contributed by atoms with Crippen LogP contribution < -0.4 is 16.6 Å². The fourth-order valence-corrected chi connectivity index (χ4v) is 1.79. The molecule has 0 radical (unpaired) electrons. The summed E-state index contributed by atoms with van der Waals surface area (Å²) in [4.78, 5) is 36.1. The second-order valence-electron chi connectivity index (χ2n) is 4.59. The minimum Gasteiger partial charge on any atom is -0.361 e. The van der Waals surface area contributed by atoms with E-state index in [2.05, 4.69) is 15.5 Å². The average Bonchev–Trinajstić information content (AvgIpc) is 2.83. The monoisotopic (exact) mass is 292 g/mol. The largest absolute Gasteiger partial charge is 0.361 e. The topological polar surface area (TPSA) is 110 Å². The van der Waals surface area contributed by atoms with Gasteiger partial charge in [0.25, 0.3) is 5.56 Å². The van der Waals surface area contributed by atoms with Gasteiger partial charge >= 0.3 is 5.69 Å². The molecule has 8 heteroatoms. The number of amides is 1. The van der Waals surface area contributed by atoms with Gasteiger partial charge in [0.2, 0.25) is 5.91 Å². The molecule has 8 nitrogen and oxygen atoms in total. The van der Waals surface area contributed by atoms with Crippen molar-refractivity contribution in [1.82, 2.24) is 20.0 Å². The molecule has 0 aliphatic heterocycles. The summed E-state index contributed by atoms with van der Waals surface area (Å²) in [6.07, 6.45) is 2.08. The molecule has 0 aliphatic carbocycles. The van der Waals surface area contributed by atoms with Crippen molar-refractivity contribution in [2.75, 3.05) is 6.54 Å². The van der Waals surface area contributed by atoms with Crippen LogP contribution in [0.1, 0.15) is 17.9 Å². The van der Waals surface area contributed by atoms with E-state index in [0.29, 0.717) is 18.7 Å². The lowest BCUT2D eigenvalue weighted by molar-refractivity contribution is -0.121. The molecule has 2 N–H and O–H groups in total. The summed E-state index contributed by atoms with van der Waals surface area (Å²) in [5.74, 6) is 0.536. The molecular formula is C13H16N4O4. The van der Waals surface area contributed by atoms with Crippen LogP contribution in [0.15, 0.2) is 32.4 Å². The number of hydrogen-bond donors (Lipinski definition) is 2. The van der Waals surface area contributed by atoms with Crippen LogP contribution in [0.2, 0.25) is 0 Å². The van der Waals surface area contributed by atoms with E-state index in [1.807, 2.05) is 13.0 Å². The maximum atomic E-state index is 11.6. The number of aromatic nitrogens is 3. The molecular weight excluding hydrogens is 276 g/mol. The number of carbonyl (C=O) groups is 1. The standard InChI is InChI=1S/C13H16N4O4/c1-9-8-10(21-16-9)2-5-14-11(18)3-6-17-7-4-12(19)15-13(17)20/h4,7-8H,2-3,5-6H2,1H3,(H,14,18)(H,15,19,20). The third kappa shape index (κ3) is 4.44. The van der Waals surface area contributed by atoms with Gasteiger partial charge in [0.15, 0.2) is 0 Å². The number of carbonyl (C=O) groups excluding carboxylic acids is 1. The molecule has 0 bridgehead atoms. The quantitative estimate of drug-likeness (QED) is 0.751. The lowest BCUT2D eigenvalue weighted by atomic mass is 10.3. The lowest BCUT2D eigenvalue weighted by Gasteiger charge is -2.05. The number of hydrogen-bond acceptors (Lipinski definition) is 5. The first-order valence-corrected chi connectivity index (χ1v) is 6.53. The number of nitrogens with one attached hydrogen (secondary N) is 2. The highest BCUT2D eigenvalue weighted by Gasteiger charge is 2.05. The van der Waals surface area contributed by atoms with Crippen molar-refractivity contribution in [3.8, 4) is 0 Å². The van der Waals surface area contributed by atoms with Gasteiger partial charge in [0.1, 0.15) is 5.76 Å². The maximum absolute atomic E-state index is 11.6. The summed E-state index contributed by atoms with van der Waals surface area (Å²) in [6.45, 7) is 2.48. The summed E-state index contributed by atoms with van der Waals surface area (Å²) in [5.41, 5.74) is -0.177. The number of H-pyrrole nitrogens is 1. The molecule has 0 saturated carbocycles. The Morgan fingerprint density at radius 2 is 2.29 bits per heavy atom. The minimum absolute atomic E-state index is 0.154. The van der Waals surface area contributed by atoms with E-state index in [1.165, 1.54) is 16.8 Å². The molecule has 0 aromatic carbocycles. The second kappa shape index (κ2) is 6.69. The second-order valence-corrected chi connectivity index (χ2v) is 4.59. The van der Waals surface area contributed by atoms with Crippen LogP contribution in [-0.2, 0) is 17.8 Å². The Morgan fingerprint density at radius 1 is 1.48 bits per heavy atom. The fraction of sp³-hybridized carbons (Fsp3) is 0.385. The zero-order valence-corrected chi connectivity index (χ0v) is 11.6. The molecule has 0 unspecified atom stereocenters. The molecule has 2 rings (SSSR count). The van der Waals surface area contributed by atoms with Crippen molar-refractivity contribution in [1.29, 1.82) is 0 Å². The van der Waals surface area contributed by atoms with E-state index >= 15 is 0 Å². The van der Waals surface area contributed by atoms with Gasteiger partial charge in [-0.3, -0.25) is 14.6 Å². The van der Waals surface area contributed by atoms with Gasteiger partial charge < -0.3 is 14.4 Å². The highest BCUT2D eigenvalue weighted by Crippen LogP contribution is 2.01. The predicted molar refractivity (Wildman–Crippen MR) is 73.9 cm³/mol. The van der Waals surface area contributed by atoms with Gasteiger partial charge in [-0.1, -0.05) is 5.16 Å². The number of rotatable bonds is 6. The Balaban J connectivity index is 1.74. The van der Waals surface area contributed by atoms with Crippen molar-refractivity contribution >= 4 is 5.91 Å². The van der Waals surface area contributed by atoms with E-state index in [1.54, 1.807) is 0 Å². The minimum atomic E-state index is -0.521. The highest BCUT2D eigenvalue weighted by atomic mass is 16.5. The molecule has 0 fully saturated rings. The Kier molecular flexibility index (Phi) is 4.70. The average molecular weight is 292 g/mol. The van der Waals surface area contributed by atoms with Crippen molar-refractivity contribution in [3.63, 3.8) is 0 Å². The van der Waals surface area contributed by atoms with Gasteiger partial charge in [-0.05, 0) is 6.92 Å². The van der Waals surface area contributed by atoms with Crippen LogP contribution in [0, 0.1) is 6.92 Å². The van der Waals surface area contributed by atoms with E-state index in [0.717, 1.165) is 5.69 Å². The fourth-order valence-electron chi connectivity index (χ4n) is 1.79. The SMILES string of the molecule is Cc1cc(CCNC(=O)CCn2ccc(=O)[nH]c2=O)on1.